The van der Waals surface area contributed by atoms with Crippen molar-refractivity contribution in [3.05, 3.63) is 0 Å². The molecule has 0 radical (unpaired) electrons. The van der Waals surface area contributed by atoms with Crippen LogP contribution in [0.15, 0.2) is 0 Å². The summed E-state index contributed by atoms with van der Waals surface area (Å²) in [6, 6.07) is 0. The van der Waals surface area contributed by atoms with E-state index in [2.05, 4.69) is 46.6 Å². The normalized spacial score (nSPS) is 15.3. The van der Waals surface area contributed by atoms with Gasteiger partial charge in [0.15, 0.2) is 0 Å². The molecule has 0 saturated heterocycles. The Kier molecular flexibility index (Phi) is 10.8. The number of rotatable bonds is 11. The SMILES string of the molecule is CCCC(C)CC(CC)CN(C)CC(CC)CC. The molecule has 0 saturated carbocycles. The average molecular weight is 255 g/mol. The Hall–Kier alpha value is -0.0400. The standard InChI is InChI=1S/C17H37N/c1-7-11-15(5)12-17(10-4)14-18(6)13-16(8-2)9-3/h15-17H,7-14H2,1-6H3. The molecule has 0 spiro atoms. The second-order valence-electron chi connectivity index (χ2n) is 6.31. The first-order valence-corrected chi connectivity index (χ1v) is 8.25. The summed E-state index contributed by atoms with van der Waals surface area (Å²) in [6.45, 7) is 14.3. The van der Waals surface area contributed by atoms with Gasteiger partial charge in [-0.15, -0.1) is 0 Å². The summed E-state index contributed by atoms with van der Waals surface area (Å²) >= 11 is 0. The van der Waals surface area contributed by atoms with Crippen LogP contribution in [0.5, 0.6) is 0 Å². The third-order valence-corrected chi connectivity index (χ3v) is 4.39. The van der Waals surface area contributed by atoms with Crippen LogP contribution < -0.4 is 0 Å². The van der Waals surface area contributed by atoms with Crippen LogP contribution in [0.1, 0.15) is 73.1 Å². The minimum absolute atomic E-state index is 0.889. The molecule has 1 heteroatoms. The molecular weight excluding hydrogens is 218 g/mol. The van der Waals surface area contributed by atoms with Gasteiger partial charge in [-0.1, -0.05) is 66.7 Å². The fraction of sp³-hybridized carbons (Fsp3) is 1.00. The van der Waals surface area contributed by atoms with Gasteiger partial charge in [0.1, 0.15) is 0 Å². The van der Waals surface area contributed by atoms with Crippen LogP contribution in [-0.4, -0.2) is 25.0 Å². The summed E-state index contributed by atoms with van der Waals surface area (Å²) in [5.41, 5.74) is 0. The molecule has 0 rings (SSSR count). The fourth-order valence-corrected chi connectivity index (χ4v) is 3.05. The van der Waals surface area contributed by atoms with Crippen molar-refractivity contribution >= 4 is 0 Å². The largest absolute Gasteiger partial charge is 0.306 e. The van der Waals surface area contributed by atoms with E-state index in [1.54, 1.807) is 0 Å². The fourth-order valence-electron chi connectivity index (χ4n) is 3.05. The van der Waals surface area contributed by atoms with E-state index in [0.29, 0.717) is 0 Å². The summed E-state index contributed by atoms with van der Waals surface area (Å²) in [7, 11) is 2.31. The highest BCUT2D eigenvalue weighted by molar-refractivity contribution is 4.68. The van der Waals surface area contributed by atoms with Gasteiger partial charge in [0.05, 0.1) is 0 Å². The Morgan fingerprint density at radius 3 is 1.78 bits per heavy atom. The van der Waals surface area contributed by atoms with E-state index in [9.17, 15) is 0 Å². The Bertz CT molecular complexity index is 174. The summed E-state index contributed by atoms with van der Waals surface area (Å²) in [5.74, 6) is 2.69. The zero-order chi connectivity index (χ0) is 14.0. The van der Waals surface area contributed by atoms with Crippen LogP contribution in [0.3, 0.4) is 0 Å². The lowest BCUT2D eigenvalue weighted by Gasteiger charge is -2.28. The molecule has 1 nitrogen and oxygen atoms in total. The predicted octanol–water partition coefficient (Wildman–Crippen LogP) is 5.21. The van der Waals surface area contributed by atoms with Gasteiger partial charge in [-0.3, -0.25) is 0 Å². The van der Waals surface area contributed by atoms with Crippen LogP contribution in [0, 0.1) is 17.8 Å². The zero-order valence-corrected chi connectivity index (χ0v) is 13.8. The smallest absolute Gasteiger partial charge is 0.000672 e. The van der Waals surface area contributed by atoms with Crippen LogP contribution in [0.25, 0.3) is 0 Å². The second kappa shape index (κ2) is 10.8. The topological polar surface area (TPSA) is 3.24 Å². The van der Waals surface area contributed by atoms with Gasteiger partial charge in [0.25, 0.3) is 0 Å². The maximum absolute atomic E-state index is 2.57. The highest BCUT2D eigenvalue weighted by Gasteiger charge is 2.15. The van der Waals surface area contributed by atoms with Gasteiger partial charge in [0.2, 0.25) is 0 Å². The van der Waals surface area contributed by atoms with Crippen molar-refractivity contribution in [2.75, 3.05) is 20.1 Å². The molecule has 2 unspecified atom stereocenters. The Balaban J connectivity index is 4.02. The predicted molar refractivity (Wildman–Crippen MR) is 84.0 cm³/mol. The maximum atomic E-state index is 2.57. The van der Waals surface area contributed by atoms with Crippen molar-refractivity contribution in [1.29, 1.82) is 0 Å². The van der Waals surface area contributed by atoms with E-state index in [1.165, 1.54) is 51.6 Å². The zero-order valence-electron chi connectivity index (χ0n) is 13.8. The molecular formula is C17H37N. The van der Waals surface area contributed by atoms with Crippen molar-refractivity contribution in [2.45, 2.75) is 73.1 Å². The first-order valence-electron chi connectivity index (χ1n) is 8.25. The van der Waals surface area contributed by atoms with Crippen LogP contribution >= 0.6 is 0 Å². The Morgan fingerprint density at radius 2 is 1.33 bits per heavy atom. The van der Waals surface area contributed by atoms with Gasteiger partial charge in [-0.25, -0.2) is 0 Å². The van der Waals surface area contributed by atoms with Crippen LogP contribution in [-0.2, 0) is 0 Å². The van der Waals surface area contributed by atoms with Crippen molar-refractivity contribution < 1.29 is 0 Å². The van der Waals surface area contributed by atoms with Gasteiger partial charge in [-0.05, 0) is 31.2 Å². The molecule has 0 aliphatic heterocycles. The third-order valence-electron chi connectivity index (χ3n) is 4.39. The number of nitrogens with zero attached hydrogens (tertiary/aromatic N) is 1. The molecule has 0 bridgehead atoms. The molecule has 0 amide bonds. The second-order valence-corrected chi connectivity index (χ2v) is 6.31. The first-order chi connectivity index (χ1) is 8.57. The highest BCUT2D eigenvalue weighted by Crippen LogP contribution is 2.21. The van der Waals surface area contributed by atoms with Gasteiger partial charge in [0, 0.05) is 13.1 Å². The minimum atomic E-state index is 0.889. The Labute approximate surface area is 116 Å². The molecule has 0 N–H and O–H groups in total. The van der Waals surface area contributed by atoms with Crippen molar-refractivity contribution in [1.82, 2.24) is 4.90 Å². The summed E-state index contributed by atoms with van der Waals surface area (Å²) in [6.07, 6.45) is 8.13. The first kappa shape index (κ1) is 18.0. The van der Waals surface area contributed by atoms with E-state index in [4.69, 9.17) is 0 Å². The summed E-state index contributed by atoms with van der Waals surface area (Å²) in [4.78, 5) is 2.57. The number of hydrogen-bond acceptors (Lipinski definition) is 1. The van der Waals surface area contributed by atoms with Crippen molar-refractivity contribution in [3.63, 3.8) is 0 Å². The molecule has 2 atom stereocenters. The molecule has 0 aromatic heterocycles. The van der Waals surface area contributed by atoms with E-state index in [1.807, 2.05) is 0 Å². The van der Waals surface area contributed by atoms with Crippen molar-refractivity contribution in [3.8, 4) is 0 Å². The van der Waals surface area contributed by atoms with Crippen molar-refractivity contribution in [2.24, 2.45) is 17.8 Å². The molecule has 0 aromatic carbocycles. The number of hydrogen-bond donors (Lipinski definition) is 0. The molecule has 110 valence electrons. The molecule has 0 heterocycles. The quantitative estimate of drug-likeness (QED) is 0.490. The van der Waals surface area contributed by atoms with Gasteiger partial charge in [-0.2, -0.15) is 0 Å². The molecule has 0 fully saturated rings. The van der Waals surface area contributed by atoms with E-state index in [0.717, 1.165) is 17.8 Å². The van der Waals surface area contributed by atoms with E-state index >= 15 is 0 Å². The van der Waals surface area contributed by atoms with E-state index < -0.39 is 0 Å². The Morgan fingerprint density at radius 1 is 0.833 bits per heavy atom. The third kappa shape index (κ3) is 8.13. The average Bonchev–Trinajstić information content (AvgIpc) is 2.35. The van der Waals surface area contributed by atoms with Crippen LogP contribution in [0.4, 0.5) is 0 Å². The van der Waals surface area contributed by atoms with Gasteiger partial charge < -0.3 is 4.90 Å². The maximum Gasteiger partial charge on any atom is 0.000672 e. The minimum Gasteiger partial charge on any atom is -0.306 e. The summed E-state index contributed by atoms with van der Waals surface area (Å²) < 4.78 is 0. The van der Waals surface area contributed by atoms with E-state index in [-0.39, 0.29) is 0 Å². The lowest BCUT2D eigenvalue weighted by molar-refractivity contribution is 0.208. The molecule has 0 aliphatic rings. The molecule has 18 heavy (non-hydrogen) atoms. The molecule has 0 aromatic rings. The van der Waals surface area contributed by atoms with Crippen LogP contribution in [0.2, 0.25) is 0 Å². The summed E-state index contributed by atoms with van der Waals surface area (Å²) in [5, 5.41) is 0. The molecule has 0 aliphatic carbocycles. The lowest BCUT2D eigenvalue weighted by Crippen LogP contribution is -2.31. The highest BCUT2D eigenvalue weighted by atomic mass is 15.1. The monoisotopic (exact) mass is 255 g/mol. The lowest BCUT2D eigenvalue weighted by atomic mass is 9.90. The van der Waals surface area contributed by atoms with Gasteiger partial charge >= 0.3 is 0 Å².